The molecule has 1 aliphatic heterocycles. The zero-order valence-electron chi connectivity index (χ0n) is 17.0. The number of aryl methyl sites for hydroxylation is 1. The maximum absolute atomic E-state index is 13.1. The van der Waals surface area contributed by atoms with E-state index in [1.807, 2.05) is 38.1 Å². The van der Waals surface area contributed by atoms with Crippen LogP contribution in [0.3, 0.4) is 0 Å². The van der Waals surface area contributed by atoms with Crippen LogP contribution in [-0.4, -0.2) is 26.3 Å². The zero-order chi connectivity index (χ0) is 22.3. The van der Waals surface area contributed by atoms with Gasteiger partial charge in [-0.2, -0.15) is 15.2 Å². The molecule has 0 aliphatic carbocycles. The molecule has 1 amide bonds. The fourth-order valence-electron chi connectivity index (χ4n) is 3.44. The summed E-state index contributed by atoms with van der Waals surface area (Å²) in [5, 5.41) is 21.5. The number of amides is 1. The lowest BCUT2D eigenvalue weighted by atomic mass is 10.1. The van der Waals surface area contributed by atoms with E-state index < -0.39 is 4.92 Å². The van der Waals surface area contributed by atoms with Crippen LogP contribution in [0.15, 0.2) is 59.2 Å². The van der Waals surface area contributed by atoms with Gasteiger partial charge in [0.2, 0.25) is 0 Å². The Balaban J connectivity index is 1.72. The van der Waals surface area contributed by atoms with Gasteiger partial charge >= 0.3 is 0 Å². The molecule has 3 aromatic rings. The van der Waals surface area contributed by atoms with Gasteiger partial charge in [0, 0.05) is 27.0 Å². The van der Waals surface area contributed by atoms with Crippen molar-refractivity contribution >= 4 is 51.7 Å². The number of non-ortho nitro benzene ring substituents is 1. The Bertz CT molecular complexity index is 1270. The number of hydrogen-bond acceptors (Lipinski definition) is 5. The van der Waals surface area contributed by atoms with Gasteiger partial charge in [-0.1, -0.05) is 6.07 Å². The van der Waals surface area contributed by atoms with Crippen LogP contribution < -0.4 is 5.01 Å². The fourth-order valence-corrected chi connectivity index (χ4v) is 3.80. The smallest absolute Gasteiger partial charge is 0.267 e. The molecule has 156 valence electrons. The molecule has 0 spiro atoms. The van der Waals surface area contributed by atoms with Gasteiger partial charge in [0.25, 0.3) is 11.6 Å². The molecular weight excluding hydrogens is 509 g/mol. The lowest BCUT2D eigenvalue weighted by molar-refractivity contribution is -0.384. The van der Waals surface area contributed by atoms with Crippen molar-refractivity contribution in [1.82, 2.24) is 9.78 Å². The quantitative estimate of drug-likeness (QED) is 0.211. The Morgan fingerprint density at radius 2 is 1.77 bits per heavy atom. The summed E-state index contributed by atoms with van der Waals surface area (Å²) in [7, 11) is 0. The van der Waals surface area contributed by atoms with Crippen LogP contribution in [-0.2, 0) is 4.79 Å². The second kappa shape index (κ2) is 8.06. The number of carbonyl (C=O) groups excluding carboxylic acids is 1. The number of hydrogen-bond donors (Lipinski definition) is 0. The first-order valence-corrected chi connectivity index (χ1v) is 10.5. The van der Waals surface area contributed by atoms with Gasteiger partial charge in [0.05, 0.1) is 33.3 Å². The molecular formula is C22H18IN5O3. The number of nitro groups is 1. The molecule has 4 rings (SSSR count). The number of aromatic nitrogens is 2. The predicted molar refractivity (Wildman–Crippen MR) is 127 cm³/mol. The van der Waals surface area contributed by atoms with Crippen LogP contribution in [0.4, 0.5) is 11.4 Å². The Morgan fingerprint density at radius 1 is 1.06 bits per heavy atom. The first-order chi connectivity index (χ1) is 14.8. The van der Waals surface area contributed by atoms with E-state index in [0.29, 0.717) is 28.4 Å². The van der Waals surface area contributed by atoms with Gasteiger partial charge in [0.15, 0.2) is 0 Å². The molecule has 9 heteroatoms. The average molecular weight is 527 g/mol. The number of rotatable bonds is 4. The van der Waals surface area contributed by atoms with E-state index in [1.165, 1.54) is 17.1 Å². The number of anilines is 1. The van der Waals surface area contributed by atoms with E-state index in [1.54, 1.807) is 29.8 Å². The third kappa shape index (κ3) is 3.88. The van der Waals surface area contributed by atoms with Gasteiger partial charge in [-0.25, -0.2) is 4.68 Å². The normalized spacial score (nSPS) is 15.0. The van der Waals surface area contributed by atoms with Gasteiger partial charge in [-0.15, -0.1) is 0 Å². The number of carbonyl (C=O) groups is 1. The maximum Gasteiger partial charge on any atom is 0.280 e. The van der Waals surface area contributed by atoms with E-state index in [4.69, 9.17) is 0 Å². The molecule has 0 radical (unpaired) electrons. The molecule has 0 fully saturated rings. The average Bonchev–Trinajstić information content (AvgIpc) is 3.19. The topological polar surface area (TPSA) is 93.6 Å². The summed E-state index contributed by atoms with van der Waals surface area (Å²) in [6, 6.07) is 13.9. The predicted octanol–water partition coefficient (Wildman–Crippen LogP) is 4.81. The highest BCUT2D eigenvalue weighted by molar-refractivity contribution is 14.1. The summed E-state index contributed by atoms with van der Waals surface area (Å²) in [4.78, 5) is 23.7. The number of halogens is 1. The number of nitrogens with zero attached hydrogens (tertiary/aromatic N) is 5. The highest BCUT2D eigenvalue weighted by Crippen LogP contribution is 2.28. The summed E-state index contributed by atoms with van der Waals surface area (Å²) in [5.41, 5.74) is 4.66. The minimum atomic E-state index is -0.436. The van der Waals surface area contributed by atoms with Crippen molar-refractivity contribution in [3.63, 3.8) is 0 Å². The van der Waals surface area contributed by atoms with Gasteiger partial charge in [-0.05, 0) is 79.8 Å². The van der Waals surface area contributed by atoms with Crippen molar-refractivity contribution in [3.8, 4) is 5.69 Å². The lowest BCUT2D eigenvalue weighted by Gasteiger charge is -2.11. The Labute approximate surface area is 192 Å². The lowest BCUT2D eigenvalue weighted by Crippen LogP contribution is -2.21. The summed E-state index contributed by atoms with van der Waals surface area (Å²) in [6.45, 7) is 5.51. The van der Waals surface area contributed by atoms with Crippen LogP contribution in [0, 0.1) is 27.5 Å². The van der Waals surface area contributed by atoms with Crippen LogP contribution in [0.1, 0.15) is 23.9 Å². The molecule has 0 N–H and O–H groups in total. The van der Waals surface area contributed by atoms with E-state index >= 15 is 0 Å². The van der Waals surface area contributed by atoms with Gasteiger partial charge < -0.3 is 0 Å². The first-order valence-electron chi connectivity index (χ1n) is 9.44. The molecule has 0 atom stereocenters. The maximum atomic E-state index is 13.1. The highest BCUT2D eigenvalue weighted by Gasteiger charge is 2.29. The largest absolute Gasteiger partial charge is 0.280 e. The summed E-state index contributed by atoms with van der Waals surface area (Å²) in [5.74, 6) is -0.208. The monoisotopic (exact) mass is 527 g/mol. The van der Waals surface area contributed by atoms with Gasteiger partial charge in [-0.3, -0.25) is 14.9 Å². The summed E-state index contributed by atoms with van der Waals surface area (Å²) in [6.07, 6.45) is 1.79. The zero-order valence-corrected chi connectivity index (χ0v) is 19.2. The van der Waals surface area contributed by atoms with Crippen LogP contribution in [0.25, 0.3) is 11.8 Å². The van der Waals surface area contributed by atoms with Crippen molar-refractivity contribution in [1.29, 1.82) is 0 Å². The van der Waals surface area contributed by atoms with Gasteiger partial charge in [0.1, 0.15) is 0 Å². The second-order valence-electron chi connectivity index (χ2n) is 7.11. The number of hydrazone groups is 1. The van der Waals surface area contributed by atoms with E-state index in [0.717, 1.165) is 14.8 Å². The van der Waals surface area contributed by atoms with E-state index in [-0.39, 0.29) is 11.6 Å². The van der Waals surface area contributed by atoms with E-state index in [2.05, 4.69) is 32.8 Å². The molecule has 1 aromatic heterocycles. The summed E-state index contributed by atoms with van der Waals surface area (Å²) < 4.78 is 2.72. The SMILES string of the molecule is CC1=NN(c2ccc(I)cc2)C(=O)/C1=C\c1c(C)nn(-c2cccc([N+](=O)[O-])c2)c1C. The van der Waals surface area contributed by atoms with Crippen molar-refractivity contribution in [3.05, 3.63) is 84.7 Å². The van der Waals surface area contributed by atoms with Crippen molar-refractivity contribution in [2.75, 3.05) is 5.01 Å². The van der Waals surface area contributed by atoms with Crippen LogP contribution in [0.2, 0.25) is 0 Å². The minimum absolute atomic E-state index is 0.00734. The third-order valence-corrected chi connectivity index (χ3v) is 5.77. The molecule has 8 nitrogen and oxygen atoms in total. The molecule has 1 aliphatic rings. The number of nitro benzene ring substituents is 1. The molecule has 0 unspecified atom stereocenters. The number of benzene rings is 2. The second-order valence-corrected chi connectivity index (χ2v) is 8.36. The van der Waals surface area contributed by atoms with E-state index in [9.17, 15) is 14.9 Å². The Kier molecular flexibility index (Phi) is 5.44. The van der Waals surface area contributed by atoms with Crippen molar-refractivity contribution in [2.24, 2.45) is 5.10 Å². The summed E-state index contributed by atoms with van der Waals surface area (Å²) >= 11 is 2.21. The molecule has 2 aromatic carbocycles. The Hall–Kier alpha value is -3.34. The standard InChI is InChI=1S/C22H18IN5O3/c1-13-20(15(3)26(24-13)18-5-4-6-19(11-18)28(30)31)12-21-14(2)25-27(22(21)29)17-9-7-16(23)8-10-17/h4-12H,1-3H3/b21-12-. The molecule has 0 bridgehead atoms. The Morgan fingerprint density at radius 3 is 2.45 bits per heavy atom. The van der Waals surface area contributed by atoms with Crippen molar-refractivity contribution in [2.45, 2.75) is 20.8 Å². The molecule has 31 heavy (non-hydrogen) atoms. The van der Waals surface area contributed by atoms with Crippen LogP contribution >= 0.6 is 22.6 Å². The minimum Gasteiger partial charge on any atom is -0.267 e. The molecule has 2 heterocycles. The molecule has 0 saturated heterocycles. The highest BCUT2D eigenvalue weighted by atomic mass is 127. The van der Waals surface area contributed by atoms with Crippen LogP contribution in [0.5, 0.6) is 0 Å². The fraction of sp³-hybridized carbons (Fsp3) is 0.136. The third-order valence-electron chi connectivity index (χ3n) is 5.05. The molecule has 0 saturated carbocycles. The first kappa shape index (κ1) is 20.9. The van der Waals surface area contributed by atoms with Crippen molar-refractivity contribution < 1.29 is 9.72 Å².